The molecular weight excluding hydrogens is 399 g/mol. The molecule has 0 radical (unpaired) electrons. The Hall–Kier alpha value is -2.33. The second kappa shape index (κ2) is 7.73. The molecule has 2 aliphatic rings. The van der Waals surface area contributed by atoms with Crippen molar-refractivity contribution in [2.45, 2.75) is 50.9 Å². The number of halogens is 2. The first kappa shape index (κ1) is 19.6. The van der Waals surface area contributed by atoms with Gasteiger partial charge in [0.25, 0.3) is 0 Å². The lowest BCUT2D eigenvalue weighted by molar-refractivity contribution is -0.131. The van der Waals surface area contributed by atoms with Crippen LogP contribution in [-0.2, 0) is 11.2 Å². The lowest BCUT2D eigenvalue weighted by Crippen LogP contribution is -2.43. The number of carbonyl (C=O) groups excluding carboxylic acids is 1. The number of hydrogen-bond acceptors (Lipinski definition) is 3. The van der Waals surface area contributed by atoms with Crippen LogP contribution in [-0.4, -0.2) is 15.8 Å². The van der Waals surface area contributed by atoms with Crippen molar-refractivity contribution in [3.63, 3.8) is 0 Å². The van der Waals surface area contributed by atoms with Crippen molar-refractivity contribution in [2.75, 3.05) is 0 Å². The van der Waals surface area contributed by atoms with Crippen molar-refractivity contribution in [3.8, 4) is 0 Å². The molecular formula is C25H24ClFN2O. The van der Waals surface area contributed by atoms with Crippen LogP contribution in [0, 0.1) is 17.2 Å². The zero-order chi connectivity index (χ0) is 20.7. The van der Waals surface area contributed by atoms with Crippen molar-refractivity contribution in [1.82, 2.24) is 9.97 Å². The Morgan fingerprint density at radius 3 is 2.63 bits per heavy atom. The summed E-state index contributed by atoms with van der Waals surface area (Å²) in [7, 11) is 0. The Labute approximate surface area is 180 Å². The van der Waals surface area contributed by atoms with Crippen LogP contribution in [0.2, 0.25) is 5.02 Å². The lowest BCUT2D eigenvalue weighted by Gasteiger charge is -2.51. The SMILES string of the molecule is O=C(Cc1ccc(Cl)cn1)C1CC2(CCC(c3ccnc4ccc(F)cc34)CC2)C1. The number of fused-ring (bicyclic) bond motifs is 1. The van der Waals surface area contributed by atoms with Crippen LogP contribution < -0.4 is 0 Å². The molecule has 30 heavy (non-hydrogen) atoms. The second-order valence-corrected chi connectivity index (χ2v) is 9.49. The molecule has 5 heteroatoms. The van der Waals surface area contributed by atoms with Crippen LogP contribution in [0.1, 0.15) is 55.7 Å². The summed E-state index contributed by atoms with van der Waals surface area (Å²) in [5, 5.41) is 1.53. The van der Waals surface area contributed by atoms with Crippen LogP contribution >= 0.6 is 11.6 Å². The normalized spacial score (nSPS) is 25.9. The maximum absolute atomic E-state index is 13.8. The van der Waals surface area contributed by atoms with E-state index >= 15 is 0 Å². The number of nitrogens with zero attached hydrogens (tertiary/aromatic N) is 2. The predicted octanol–water partition coefficient (Wildman–Crippen LogP) is 6.29. The third kappa shape index (κ3) is 3.74. The third-order valence-corrected chi connectivity index (χ3v) is 7.41. The fraction of sp³-hybridized carbons (Fsp3) is 0.400. The summed E-state index contributed by atoms with van der Waals surface area (Å²) in [4.78, 5) is 21.3. The van der Waals surface area contributed by atoms with Gasteiger partial charge in [-0.15, -0.1) is 0 Å². The van der Waals surface area contributed by atoms with E-state index < -0.39 is 0 Å². The Bertz CT molecular complexity index is 1080. The molecule has 0 N–H and O–H groups in total. The summed E-state index contributed by atoms with van der Waals surface area (Å²) in [6.07, 6.45) is 10.3. The predicted molar refractivity (Wildman–Crippen MR) is 116 cm³/mol. The van der Waals surface area contributed by atoms with E-state index in [-0.39, 0.29) is 11.7 Å². The van der Waals surface area contributed by atoms with E-state index in [0.717, 1.165) is 55.1 Å². The van der Waals surface area contributed by atoms with E-state index in [1.807, 2.05) is 12.3 Å². The molecule has 0 aliphatic heterocycles. The highest BCUT2D eigenvalue weighted by molar-refractivity contribution is 6.30. The van der Waals surface area contributed by atoms with E-state index in [0.29, 0.717) is 28.6 Å². The van der Waals surface area contributed by atoms with Crippen molar-refractivity contribution < 1.29 is 9.18 Å². The van der Waals surface area contributed by atoms with Gasteiger partial charge in [-0.05, 0) is 91.8 Å². The van der Waals surface area contributed by atoms with Gasteiger partial charge in [0.15, 0.2) is 0 Å². The highest BCUT2D eigenvalue weighted by atomic mass is 35.5. The largest absolute Gasteiger partial charge is 0.299 e. The van der Waals surface area contributed by atoms with Crippen molar-refractivity contribution >= 4 is 28.3 Å². The summed E-state index contributed by atoms with van der Waals surface area (Å²) in [5.41, 5.74) is 3.19. The molecule has 0 saturated heterocycles. The zero-order valence-electron chi connectivity index (χ0n) is 16.8. The quantitative estimate of drug-likeness (QED) is 0.496. The number of aromatic nitrogens is 2. The number of pyridine rings is 2. The third-order valence-electron chi connectivity index (χ3n) is 7.18. The number of hydrogen-bond donors (Lipinski definition) is 0. The summed E-state index contributed by atoms with van der Waals surface area (Å²) in [6, 6.07) is 10.5. The molecule has 154 valence electrons. The van der Waals surface area contributed by atoms with Crippen molar-refractivity contribution in [2.24, 2.45) is 11.3 Å². The van der Waals surface area contributed by atoms with Crippen LogP contribution in [0.3, 0.4) is 0 Å². The van der Waals surface area contributed by atoms with E-state index in [1.165, 1.54) is 11.6 Å². The molecule has 3 nitrogen and oxygen atoms in total. The fourth-order valence-corrected chi connectivity index (χ4v) is 5.60. The topological polar surface area (TPSA) is 42.9 Å². The molecule has 2 fully saturated rings. The monoisotopic (exact) mass is 422 g/mol. The van der Waals surface area contributed by atoms with Gasteiger partial charge < -0.3 is 0 Å². The van der Waals surface area contributed by atoms with Crippen molar-refractivity contribution in [3.05, 3.63) is 70.9 Å². The molecule has 2 aliphatic carbocycles. The van der Waals surface area contributed by atoms with Gasteiger partial charge in [0, 0.05) is 35.8 Å². The minimum atomic E-state index is -0.209. The van der Waals surface area contributed by atoms with Gasteiger partial charge >= 0.3 is 0 Å². The number of ketones is 1. The average molecular weight is 423 g/mol. The van der Waals surface area contributed by atoms with Crippen LogP contribution in [0.25, 0.3) is 10.9 Å². The number of carbonyl (C=O) groups is 1. The molecule has 0 atom stereocenters. The van der Waals surface area contributed by atoms with E-state index in [2.05, 4.69) is 16.0 Å². The Morgan fingerprint density at radius 2 is 1.90 bits per heavy atom. The molecule has 0 amide bonds. The zero-order valence-corrected chi connectivity index (χ0v) is 17.5. The van der Waals surface area contributed by atoms with Crippen LogP contribution in [0.4, 0.5) is 4.39 Å². The first-order valence-electron chi connectivity index (χ1n) is 10.7. The molecule has 2 aromatic heterocycles. The summed E-state index contributed by atoms with van der Waals surface area (Å²) in [6.45, 7) is 0. The summed E-state index contributed by atoms with van der Waals surface area (Å²) in [5.74, 6) is 0.693. The Morgan fingerprint density at radius 1 is 1.10 bits per heavy atom. The molecule has 2 heterocycles. The fourth-order valence-electron chi connectivity index (χ4n) is 5.49. The molecule has 2 saturated carbocycles. The first-order chi connectivity index (χ1) is 14.5. The van der Waals surface area contributed by atoms with Crippen molar-refractivity contribution in [1.29, 1.82) is 0 Å². The highest BCUT2D eigenvalue weighted by Gasteiger charge is 2.48. The smallest absolute Gasteiger partial charge is 0.141 e. The molecule has 5 rings (SSSR count). The molecule has 1 spiro atoms. The minimum absolute atomic E-state index is 0.162. The second-order valence-electron chi connectivity index (χ2n) is 9.05. The van der Waals surface area contributed by atoms with Gasteiger partial charge in [0.2, 0.25) is 0 Å². The Balaban J connectivity index is 1.21. The van der Waals surface area contributed by atoms with Gasteiger partial charge in [0.1, 0.15) is 11.6 Å². The maximum Gasteiger partial charge on any atom is 0.141 e. The van der Waals surface area contributed by atoms with Gasteiger partial charge in [-0.25, -0.2) is 4.39 Å². The molecule has 0 unspecified atom stereocenters. The summed E-state index contributed by atoms with van der Waals surface area (Å²) < 4.78 is 13.8. The number of rotatable bonds is 4. The van der Waals surface area contributed by atoms with Gasteiger partial charge in [0.05, 0.1) is 10.5 Å². The maximum atomic E-state index is 13.8. The Kier molecular flexibility index (Phi) is 5.06. The van der Waals surface area contributed by atoms with Gasteiger partial charge in [-0.1, -0.05) is 11.6 Å². The van der Waals surface area contributed by atoms with Gasteiger partial charge in [-0.2, -0.15) is 0 Å². The number of Topliss-reactive ketones (excluding diaryl/α,β-unsaturated/α-hetero) is 1. The van der Waals surface area contributed by atoms with E-state index in [1.54, 1.807) is 24.4 Å². The minimum Gasteiger partial charge on any atom is -0.299 e. The van der Waals surface area contributed by atoms with E-state index in [9.17, 15) is 9.18 Å². The van der Waals surface area contributed by atoms with Gasteiger partial charge in [-0.3, -0.25) is 14.8 Å². The lowest BCUT2D eigenvalue weighted by atomic mass is 9.53. The first-order valence-corrected chi connectivity index (χ1v) is 11.1. The summed E-state index contributed by atoms with van der Waals surface area (Å²) >= 11 is 5.87. The average Bonchev–Trinajstić information content (AvgIpc) is 2.73. The van der Waals surface area contributed by atoms with Crippen LogP contribution in [0.15, 0.2) is 48.8 Å². The molecule has 1 aromatic carbocycles. The van der Waals surface area contributed by atoms with Crippen LogP contribution in [0.5, 0.6) is 0 Å². The number of benzene rings is 1. The highest BCUT2D eigenvalue weighted by Crippen LogP contribution is 2.57. The molecule has 0 bridgehead atoms. The molecule has 3 aromatic rings. The standard InChI is InChI=1S/C25H24ClFN2O/c26-18-1-3-20(29-15-18)12-24(30)17-13-25(14-17)8-5-16(6-9-25)21-7-10-28-23-4-2-19(27)11-22(21)23/h1-4,7,10-11,15-17H,5-6,8-9,12-14H2. The van der Waals surface area contributed by atoms with E-state index in [4.69, 9.17) is 11.6 Å².